The van der Waals surface area contributed by atoms with E-state index < -0.39 is 5.41 Å². The zero-order chi connectivity index (χ0) is 12.9. The van der Waals surface area contributed by atoms with Crippen molar-refractivity contribution < 1.29 is 4.79 Å². The second kappa shape index (κ2) is 6.07. The van der Waals surface area contributed by atoms with E-state index in [4.69, 9.17) is 5.84 Å². The standard InChI is InChI=1S/C13H20N2OS/c1-10-5-4-6-11(7-10)8-17-9-13(2,3)12(16)15-14/h4-7H,8-9,14H2,1-3H3,(H,15,16). The number of benzene rings is 1. The first-order valence-corrected chi connectivity index (χ1v) is 6.75. The van der Waals surface area contributed by atoms with Crippen LogP contribution in [-0.4, -0.2) is 11.7 Å². The molecule has 1 rings (SSSR count). The van der Waals surface area contributed by atoms with E-state index in [0.29, 0.717) is 0 Å². The van der Waals surface area contributed by atoms with Crippen LogP contribution in [-0.2, 0) is 10.5 Å². The molecule has 1 aromatic rings. The lowest BCUT2D eigenvalue weighted by atomic mass is 9.96. The smallest absolute Gasteiger partial charge is 0.240 e. The Morgan fingerprint density at radius 2 is 2.18 bits per heavy atom. The first-order chi connectivity index (χ1) is 7.95. The lowest BCUT2D eigenvalue weighted by Gasteiger charge is -2.21. The van der Waals surface area contributed by atoms with E-state index in [1.807, 2.05) is 13.8 Å². The SMILES string of the molecule is Cc1cccc(CSCC(C)(C)C(=O)NN)c1. The summed E-state index contributed by atoms with van der Waals surface area (Å²) in [7, 11) is 0. The fourth-order valence-electron chi connectivity index (χ4n) is 1.49. The molecule has 4 heteroatoms. The van der Waals surface area contributed by atoms with Gasteiger partial charge in [-0.15, -0.1) is 0 Å². The van der Waals surface area contributed by atoms with Crippen LogP contribution in [0.5, 0.6) is 0 Å². The number of nitrogens with one attached hydrogen (secondary N) is 1. The number of carbonyl (C=O) groups is 1. The summed E-state index contributed by atoms with van der Waals surface area (Å²) in [6.07, 6.45) is 0. The molecule has 0 aliphatic heterocycles. The Labute approximate surface area is 107 Å². The minimum Gasteiger partial charge on any atom is -0.294 e. The number of hydrogen-bond donors (Lipinski definition) is 2. The fourth-order valence-corrected chi connectivity index (χ4v) is 2.65. The number of nitrogens with two attached hydrogens (primary N) is 1. The molecule has 0 aromatic heterocycles. The molecular weight excluding hydrogens is 232 g/mol. The molecule has 0 aliphatic carbocycles. The Bertz CT molecular complexity index is 391. The Morgan fingerprint density at radius 3 is 2.76 bits per heavy atom. The number of aryl methyl sites for hydroxylation is 1. The molecular formula is C13H20N2OS. The van der Waals surface area contributed by atoms with Crippen molar-refractivity contribution in [2.75, 3.05) is 5.75 Å². The predicted molar refractivity (Wildman–Crippen MR) is 73.5 cm³/mol. The van der Waals surface area contributed by atoms with Gasteiger partial charge < -0.3 is 0 Å². The van der Waals surface area contributed by atoms with Gasteiger partial charge in [0.05, 0.1) is 5.41 Å². The molecule has 0 saturated heterocycles. The van der Waals surface area contributed by atoms with Gasteiger partial charge >= 0.3 is 0 Å². The highest BCUT2D eigenvalue weighted by Gasteiger charge is 2.26. The highest BCUT2D eigenvalue weighted by Crippen LogP contribution is 2.24. The van der Waals surface area contributed by atoms with Crippen molar-refractivity contribution in [3.8, 4) is 0 Å². The molecule has 0 unspecified atom stereocenters. The maximum absolute atomic E-state index is 11.5. The van der Waals surface area contributed by atoms with Crippen molar-refractivity contribution in [3.63, 3.8) is 0 Å². The molecule has 0 spiro atoms. The number of hydrogen-bond acceptors (Lipinski definition) is 3. The molecule has 0 bridgehead atoms. The van der Waals surface area contributed by atoms with Gasteiger partial charge in [0.15, 0.2) is 0 Å². The van der Waals surface area contributed by atoms with Crippen molar-refractivity contribution in [3.05, 3.63) is 35.4 Å². The van der Waals surface area contributed by atoms with Crippen molar-refractivity contribution >= 4 is 17.7 Å². The van der Waals surface area contributed by atoms with Crippen LogP contribution in [0.2, 0.25) is 0 Å². The van der Waals surface area contributed by atoms with Gasteiger partial charge in [-0.1, -0.05) is 43.7 Å². The van der Waals surface area contributed by atoms with E-state index >= 15 is 0 Å². The van der Waals surface area contributed by atoms with Gasteiger partial charge in [-0.05, 0) is 12.5 Å². The summed E-state index contributed by atoms with van der Waals surface area (Å²) in [4.78, 5) is 11.5. The number of rotatable bonds is 5. The first kappa shape index (κ1) is 14.1. The molecule has 0 saturated carbocycles. The largest absolute Gasteiger partial charge is 0.294 e. The molecule has 0 heterocycles. The van der Waals surface area contributed by atoms with Crippen molar-refractivity contribution in [2.45, 2.75) is 26.5 Å². The molecule has 0 aliphatic rings. The molecule has 3 nitrogen and oxygen atoms in total. The average molecular weight is 252 g/mol. The van der Waals surface area contributed by atoms with E-state index in [1.54, 1.807) is 11.8 Å². The number of hydrazine groups is 1. The maximum Gasteiger partial charge on any atom is 0.240 e. The lowest BCUT2D eigenvalue weighted by molar-refractivity contribution is -0.128. The first-order valence-electron chi connectivity index (χ1n) is 5.60. The zero-order valence-electron chi connectivity index (χ0n) is 10.6. The normalized spacial score (nSPS) is 11.3. The molecule has 94 valence electrons. The zero-order valence-corrected chi connectivity index (χ0v) is 11.4. The van der Waals surface area contributed by atoms with Crippen LogP contribution < -0.4 is 11.3 Å². The summed E-state index contributed by atoms with van der Waals surface area (Å²) >= 11 is 1.75. The van der Waals surface area contributed by atoms with E-state index in [1.165, 1.54) is 11.1 Å². The maximum atomic E-state index is 11.5. The third-order valence-corrected chi connectivity index (χ3v) is 4.02. The lowest BCUT2D eigenvalue weighted by Crippen LogP contribution is -2.42. The third kappa shape index (κ3) is 4.40. The van der Waals surface area contributed by atoms with Crippen LogP contribution in [0.3, 0.4) is 0 Å². The Hall–Kier alpha value is -1.00. The molecule has 0 radical (unpaired) electrons. The second-order valence-corrected chi connectivity index (χ2v) is 5.82. The van der Waals surface area contributed by atoms with Gasteiger partial charge in [-0.3, -0.25) is 10.2 Å². The minimum atomic E-state index is -0.427. The fraction of sp³-hybridized carbons (Fsp3) is 0.462. The van der Waals surface area contributed by atoms with Crippen molar-refractivity contribution in [1.29, 1.82) is 0 Å². The van der Waals surface area contributed by atoms with E-state index in [2.05, 4.69) is 36.6 Å². The molecule has 17 heavy (non-hydrogen) atoms. The van der Waals surface area contributed by atoms with Crippen LogP contribution in [0.25, 0.3) is 0 Å². The molecule has 0 atom stereocenters. The quantitative estimate of drug-likeness (QED) is 0.480. The summed E-state index contributed by atoms with van der Waals surface area (Å²) < 4.78 is 0. The van der Waals surface area contributed by atoms with E-state index in [-0.39, 0.29) is 5.91 Å². The summed E-state index contributed by atoms with van der Waals surface area (Å²) in [5.41, 5.74) is 4.34. The van der Waals surface area contributed by atoms with Gasteiger partial charge in [0.25, 0.3) is 0 Å². The summed E-state index contributed by atoms with van der Waals surface area (Å²) in [5, 5.41) is 0. The summed E-state index contributed by atoms with van der Waals surface area (Å²) in [6.45, 7) is 5.89. The van der Waals surface area contributed by atoms with Gasteiger partial charge in [-0.25, -0.2) is 5.84 Å². The van der Waals surface area contributed by atoms with Crippen LogP contribution in [0, 0.1) is 12.3 Å². The number of amides is 1. The molecule has 3 N–H and O–H groups in total. The van der Waals surface area contributed by atoms with Gasteiger partial charge in [0.1, 0.15) is 0 Å². The average Bonchev–Trinajstić information content (AvgIpc) is 2.27. The Morgan fingerprint density at radius 1 is 1.47 bits per heavy atom. The summed E-state index contributed by atoms with van der Waals surface area (Å²) in [5.74, 6) is 6.71. The van der Waals surface area contributed by atoms with E-state index in [0.717, 1.165) is 11.5 Å². The minimum absolute atomic E-state index is 0.116. The highest BCUT2D eigenvalue weighted by molar-refractivity contribution is 7.98. The van der Waals surface area contributed by atoms with Gasteiger partial charge in [0, 0.05) is 11.5 Å². The van der Waals surface area contributed by atoms with Crippen LogP contribution in [0.15, 0.2) is 24.3 Å². The van der Waals surface area contributed by atoms with Crippen molar-refractivity contribution in [1.82, 2.24) is 5.43 Å². The monoisotopic (exact) mass is 252 g/mol. The van der Waals surface area contributed by atoms with Crippen molar-refractivity contribution in [2.24, 2.45) is 11.3 Å². The van der Waals surface area contributed by atoms with E-state index in [9.17, 15) is 4.79 Å². The Balaban J connectivity index is 2.45. The summed E-state index contributed by atoms with van der Waals surface area (Å²) in [6, 6.07) is 8.42. The number of thioether (sulfide) groups is 1. The highest BCUT2D eigenvalue weighted by atomic mass is 32.2. The van der Waals surface area contributed by atoms with Crippen LogP contribution in [0.1, 0.15) is 25.0 Å². The molecule has 1 amide bonds. The number of carbonyl (C=O) groups excluding carboxylic acids is 1. The molecule has 1 aromatic carbocycles. The van der Waals surface area contributed by atoms with Gasteiger partial charge in [0.2, 0.25) is 5.91 Å². The third-order valence-electron chi connectivity index (χ3n) is 2.56. The predicted octanol–water partition coefficient (Wildman–Crippen LogP) is 2.24. The topological polar surface area (TPSA) is 55.1 Å². The second-order valence-electron chi connectivity index (χ2n) is 4.84. The van der Waals surface area contributed by atoms with Crippen LogP contribution in [0.4, 0.5) is 0 Å². The van der Waals surface area contributed by atoms with Crippen LogP contribution >= 0.6 is 11.8 Å². The Kier molecular flexibility index (Phi) is 5.02. The van der Waals surface area contributed by atoms with Gasteiger partial charge in [-0.2, -0.15) is 11.8 Å². The molecule has 0 fully saturated rings.